The predicted molar refractivity (Wildman–Crippen MR) is 90.9 cm³/mol. The highest BCUT2D eigenvalue weighted by atomic mass is 16.5. The van der Waals surface area contributed by atoms with Crippen LogP contribution in [0.25, 0.3) is 11.0 Å². The van der Waals surface area contributed by atoms with E-state index in [1.54, 1.807) is 25.3 Å². The van der Waals surface area contributed by atoms with E-state index >= 15 is 0 Å². The Morgan fingerprint density at radius 1 is 1.24 bits per heavy atom. The SMILES string of the molecule is CCOC(=O)[C@@H]1C(=O)Nc2nc3ccccc3n2[C@@H]1c1ccccn1. The molecule has 3 aromatic rings. The minimum atomic E-state index is -1.03. The Morgan fingerprint density at radius 3 is 2.80 bits per heavy atom. The molecule has 7 heteroatoms. The van der Waals surface area contributed by atoms with Crippen LogP contribution < -0.4 is 5.32 Å². The van der Waals surface area contributed by atoms with Gasteiger partial charge in [-0.25, -0.2) is 4.98 Å². The summed E-state index contributed by atoms with van der Waals surface area (Å²) < 4.78 is 6.99. The molecule has 2 atom stereocenters. The number of carbonyl (C=O) groups is 2. The van der Waals surface area contributed by atoms with Gasteiger partial charge in [0.1, 0.15) is 6.04 Å². The van der Waals surface area contributed by atoms with Gasteiger partial charge in [0.15, 0.2) is 5.92 Å². The van der Waals surface area contributed by atoms with Crippen molar-refractivity contribution in [3.8, 4) is 0 Å². The van der Waals surface area contributed by atoms with Gasteiger partial charge in [0.05, 0.1) is 23.3 Å². The Kier molecular flexibility index (Phi) is 3.68. The molecule has 1 N–H and O–H groups in total. The lowest BCUT2D eigenvalue weighted by molar-refractivity contribution is -0.152. The number of ether oxygens (including phenoxy) is 1. The first kappa shape index (κ1) is 15.3. The van der Waals surface area contributed by atoms with Crippen LogP contribution in [0.1, 0.15) is 18.7 Å². The minimum Gasteiger partial charge on any atom is -0.465 e. The number of hydrogen-bond acceptors (Lipinski definition) is 5. The molecule has 0 unspecified atom stereocenters. The number of nitrogens with zero attached hydrogens (tertiary/aromatic N) is 3. The van der Waals surface area contributed by atoms with Crippen LogP contribution in [0.4, 0.5) is 5.95 Å². The zero-order chi connectivity index (χ0) is 17.4. The van der Waals surface area contributed by atoms with E-state index in [0.29, 0.717) is 11.6 Å². The molecule has 0 fully saturated rings. The second kappa shape index (κ2) is 6.01. The Bertz CT molecular complexity index is 951. The van der Waals surface area contributed by atoms with Gasteiger partial charge in [0, 0.05) is 6.20 Å². The largest absolute Gasteiger partial charge is 0.465 e. The summed E-state index contributed by atoms with van der Waals surface area (Å²) in [5.74, 6) is -1.63. The van der Waals surface area contributed by atoms with Crippen molar-refractivity contribution in [2.75, 3.05) is 11.9 Å². The summed E-state index contributed by atoms with van der Waals surface area (Å²) in [6, 6.07) is 12.3. The summed E-state index contributed by atoms with van der Waals surface area (Å²) in [5, 5.41) is 2.72. The van der Waals surface area contributed by atoms with Crippen molar-refractivity contribution in [3.05, 3.63) is 54.4 Å². The van der Waals surface area contributed by atoms with Crippen molar-refractivity contribution in [1.82, 2.24) is 14.5 Å². The second-order valence-corrected chi connectivity index (χ2v) is 5.71. The molecule has 126 valence electrons. The maximum atomic E-state index is 12.6. The average molecular weight is 336 g/mol. The Labute approximate surface area is 143 Å². The van der Waals surface area contributed by atoms with E-state index in [9.17, 15) is 9.59 Å². The molecule has 0 saturated heterocycles. The average Bonchev–Trinajstić information content (AvgIpc) is 2.99. The number of aromatic nitrogens is 3. The Hall–Kier alpha value is -3.22. The van der Waals surface area contributed by atoms with Crippen LogP contribution in [-0.2, 0) is 14.3 Å². The third-order valence-corrected chi connectivity index (χ3v) is 4.24. The highest BCUT2D eigenvalue weighted by molar-refractivity contribution is 6.07. The first-order chi connectivity index (χ1) is 12.2. The fraction of sp³-hybridized carbons (Fsp3) is 0.222. The molecular formula is C18H16N4O3. The number of esters is 1. The molecule has 0 radical (unpaired) electrons. The van der Waals surface area contributed by atoms with E-state index in [0.717, 1.165) is 11.0 Å². The van der Waals surface area contributed by atoms with E-state index in [4.69, 9.17) is 4.74 Å². The smallest absolute Gasteiger partial charge is 0.321 e. The molecule has 1 aromatic carbocycles. The number of carbonyl (C=O) groups excluding carboxylic acids is 2. The van der Waals surface area contributed by atoms with Crippen LogP contribution >= 0.6 is 0 Å². The fourth-order valence-electron chi connectivity index (χ4n) is 3.22. The van der Waals surface area contributed by atoms with E-state index in [1.807, 2.05) is 34.9 Å². The normalized spacial score (nSPS) is 19.3. The summed E-state index contributed by atoms with van der Waals surface area (Å²) in [6.07, 6.45) is 1.64. The third-order valence-electron chi connectivity index (χ3n) is 4.24. The molecule has 1 amide bonds. The van der Waals surface area contributed by atoms with E-state index < -0.39 is 23.8 Å². The zero-order valence-corrected chi connectivity index (χ0v) is 13.5. The van der Waals surface area contributed by atoms with Crippen LogP contribution in [-0.4, -0.2) is 33.0 Å². The monoisotopic (exact) mass is 336 g/mol. The van der Waals surface area contributed by atoms with Gasteiger partial charge in [0.2, 0.25) is 11.9 Å². The fourth-order valence-corrected chi connectivity index (χ4v) is 3.22. The van der Waals surface area contributed by atoms with Crippen molar-refractivity contribution in [3.63, 3.8) is 0 Å². The minimum absolute atomic E-state index is 0.203. The molecule has 1 aliphatic rings. The van der Waals surface area contributed by atoms with Crippen LogP contribution in [0.15, 0.2) is 48.7 Å². The first-order valence-corrected chi connectivity index (χ1v) is 8.06. The van der Waals surface area contributed by atoms with Crippen molar-refractivity contribution in [2.24, 2.45) is 5.92 Å². The molecule has 0 bridgehead atoms. The van der Waals surface area contributed by atoms with Crippen molar-refractivity contribution < 1.29 is 14.3 Å². The van der Waals surface area contributed by atoms with Gasteiger partial charge >= 0.3 is 5.97 Å². The van der Waals surface area contributed by atoms with Crippen molar-refractivity contribution >= 4 is 28.9 Å². The number of rotatable bonds is 3. The molecule has 25 heavy (non-hydrogen) atoms. The van der Waals surface area contributed by atoms with Crippen LogP contribution in [0.5, 0.6) is 0 Å². The number of para-hydroxylation sites is 2. The van der Waals surface area contributed by atoms with Gasteiger partial charge in [-0.3, -0.25) is 24.5 Å². The van der Waals surface area contributed by atoms with Crippen molar-refractivity contribution in [1.29, 1.82) is 0 Å². The first-order valence-electron chi connectivity index (χ1n) is 8.06. The van der Waals surface area contributed by atoms with Gasteiger partial charge < -0.3 is 4.74 Å². The number of anilines is 1. The predicted octanol–water partition coefficient (Wildman–Crippen LogP) is 2.15. The van der Waals surface area contributed by atoms with Gasteiger partial charge in [-0.1, -0.05) is 18.2 Å². The lowest BCUT2D eigenvalue weighted by Crippen LogP contribution is -2.43. The number of imidazole rings is 1. The Morgan fingerprint density at radius 2 is 2.04 bits per heavy atom. The maximum Gasteiger partial charge on any atom is 0.321 e. The van der Waals surface area contributed by atoms with E-state index in [1.165, 1.54) is 0 Å². The second-order valence-electron chi connectivity index (χ2n) is 5.71. The summed E-state index contributed by atoms with van der Waals surface area (Å²) in [6.45, 7) is 1.92. The molecule has 3 heterocycles. The quantitative estimate of drug-likeness (QED) is 0.585. The van der Waals surface area contributed by atoms with Crippen LogP contribution in [0.2, 0.25) is 0 Å². The maximum absolute atomic E-state index is 12.6. The summed E-state index contributed by atoms with van der Waals surface area (Å²) in [4.78, 5) is 34.0. The zero-order valence-electron chi connectivity index (χ0n) is 13.5. The molecule has 4 rings (SSSR count). The molecule has 2 aromatic heterocycles. The van der Waals surface area contributed by atoms with Crippen LogP contribution in [0.3, 0.4) is 0 Å². The molecular weight excluding hydrogens is 320 g/mol. The lowest BCUT2D eigenvalue weighted by Gasteiger charge is -2.31. The van der Waals surface area contributed by atoms with Gasteiger partial charge in [-0.05, 0) is 31.2 Å². The third kappa shape index (κ3) is 2.44. The highest BCUT2D eigenvalue weighted by Crippen LogP contribution is 2.37. The Balaban J connectivity index is 1.96. The number of hydrogen-bond donors (Lipinski definition) is 1. The number of fused-ring (bicyclic) bond motifs is 3. The topological polar surface area (TPSA) is 86.1 Å². The summed E-state index contributed by atoms with van der Waals surface area (Å²) in [5.41, 5.74) is 2.17. The number of pyridine rings is 1. The van der Waals surface area contributed by atoms with E-state index in [-0.39, 0.29) is 6.61 Å². The lowest BCUT2D eigenvalue weighted by atomic mass is 9.93. The number of benzene rings is 1. The highest BCUT2D eigenvalue weighted by Gasteiger charge is 2.44. The molecule has 1 aliphatic heterocycles. The number of amides is 1. The number of nitrogens with one attached hydrogen (secondary N) is 1. The van der Waals surface area contributed by atoms with Crippen LogP contribution in [0, 0.1) is 5.92 Å². The van der Waals surface area contributed by atoms with Crippen molar-refractivity contribution in [2.45, 2.75) is 13.0 Å². The summed E-state index contributed by atoms with van der Waals surface area (Å²) in [7, 11) is 0. The molecule has 0 aliphatic carbocycles. The molecule has 7 nitrogen and oxygen atoms in total. The van der Waals surface area contributed by atoms with Gasteiger partial charge in [-0.15, -0.1) is 0 Å². The van der Waals surface area contributed by atoms with E-state index in [2.05, 4.69) is 15.3 Å². The molecule has 0 saturated carbocycles. The van der Waals surface area contributed by atoms with Gasteiger partial charge in [0.25, 0.3) is 0 Å². The van der Waals surface area contributed by atoms with Gasteiger partial charge in [-0.2, -0.15) is 0 Å². The summed E-state index contributed by atoms with van der Waals surface area (Å²) >= 11 is 0. The standard InChI is InChI=1S/C18H16N4O3/c1-2-25-17(24)14-15(12-8-5-6-10-19-12)22-13-9-4-3-7-11(13)20-18(22)21-16(14)23/h3-10,14-15H,2H2,1H3,(H,20,21,23)/t14-,15+/m0/s1. The molecule has 0 spiro atoms.